The molecule has 0 radical (unpaired) electrons. The van der Waals surface area contributed by atoms with Gasteiger partial charge in [0.1, 0.15) is 6.04 Å². The van der Waals surface area contributed by atoms with Crippen molar-refractivity contribution < 1.29 is 14.5 Å². The third-order valence-electron chi connectivity index (χ3n) is 4.06. The van der Waals surface area contributed by atoms with Gasteiger partial charge in [0.25, 0.3) is 17.5 Å². The van der Waals surface area contributed by atoms with Crippen LogP contribution in [-0.4, -0.2) is 22.8 Å². The Labute approximate surface area is 148 Å². The first-order valence-corrected chi connectivity index (χ1v) is 7.95. The summed E-state index contributed by atoms with van der Waals surface area (Å²) < 4.78 is 0. The molecule has 1 aliphatic rings. The molecule has 2 amide bonds. The van der Waals surface area contributed by atoms with E-state index in [1.165, 1.54) is 24.3 Å². The number of nitrogens with zero attached hydrogens (tertiary/aromatic N) is 1. The SMILES string of the molecule is O=C(NNC(=O)C1CC(c2ccccc2)NN1)c1ccc([N+](=O)[O-])cc1. The maximum atomic E-state index is 12.2. The van der Waals surface area contributed by atoms with Crippen LogP contribution in [0.5, 0.6) is 0 Å². The van der Waals surface area contributed by atoms with E-state index in [2.05, 4.69) is 21.7 Å². The van der Waals surface area contributed by atoms with Gasteiger partial charge in [-0.25, -0.2) is 10.9 Å². The van der Waals surface area contributed by atoms with Crippen LogP contribution in [0.15, 0.2) is 54.6 Å². The number of non-ortho nitro benzene ring substituents is 1. The van der Waals surface area contributed by atoms with Crippen molar-refractivity contribution in [2.75, 3.05) is 0 Å². The van der Waals surface area contributed by atoms with Crippen LogP contribution >= 0.6 is 0 Å². The minimum Gasteiger partial charge on any atom is -0.271 e. The molecule has 2 atom stereocenters. The number of carbonyl (C=O) groups excluding carboxylic acids is 2. The van der Waals surface area contributed by atoms with E-state index in [0.29, 0.717) is 6.42 Å². The van der Waals surface area contributed by atoms with Gasteiger partial charge in [0.2, 0.25) is 0 Å². The summed E-state index contributed by atoms with van der Waals surface area (Å²) in [5.41, 5.74) is 11.8. The van der Waals surface area contributed by atoms with Crippen LogP contribution in [-0.2, 0) is 4.79 Å². The van der Waals surface area contributed by atoms with Crippen molar-refractivity contribution in [3.05, 3.63) is 75.8 Å². The Morgan fingerprint density at radius 3 is 2.35 bits per heavy atom. The second-order valence-electron chi connectivity index (χ2n) is 5.79. The number of carbonyl (C=O) groups is 2. The van der Waals surface area contributed by atoms with E-state index in [1.807, 2.05) is 30.3 Å². The van der Waals surface area contributed by atoms with Crippen molar-refractivity contribution in [2.45, 2.75) is 18.5 Å². The number of hydrazine groups is 2. The van der Waals surface area contributed by atoms with Crippen molar-refractivity contribution in [3.8, 4) is 0 Å². The van der Waals surface area contributed by atoms with Crippen LogP contribution < -0.4 is 21.7 Å². The highest BCUT2D eigenvalue weighted by atomic mass is 16.6. The number of rotatable bonds is 4. The minimum absolute atomic E-state index is 0.00248. The van der Waals surface area contributed by atoms with Crippen molar-refractivity contribution in [1.29, 1.82) is 0 Å². The van der Waals surface area contributed by atoms with Crippen LogP contribution in [0.2, 0.25) is 0 Å². The highest BCUT2D eigenvalue weighted by molar-refractivity contribution is 5.96. The Balaban J connectivity index is 1.51. The van der Waals surface area contributed by atoms with Crippen molar-refractivity contribution in [1.82, 2.24) is 21.7 Å². The Hall–Kier alpha value is -3.30. The van der Waals surface area contributed by atoms with Gasteiger partial charge >= 0.3 is 0 Å². The van der Waals surface area contributed by atoms with Crippen LogP contribution in [0.25, 0.3) is 0 Å². The van der Waals surface area contributed by atoms with Gasteiger partial charge in [0.15, 0.2) is 0 Å². The molecule has 0 bridgehead atoms. The van der Waals surface area contributed by atoms with Gasteiger partial charge in [0, 0.05) is 23.7 Å². The largest absolute Gasteiger partial charge is 0.271 e. The summed E-state index contributed by atoms with van der Waals surface area (Å²) in [5.74, 6) is -0.940. The molecule has 9 heteroatoms. The van der Waals surface area contributed by atoms with E-state index in [1.54, 1.807) is 0 Å². The Kier molecular flexibility index (Phi) is 5.20. The number of nitro benzene ring substituents is 1. The molecule has 4 N–H and O–H groups in total. The van der Waals surface area contributed by atoms with Crippen molar-refractivity contribution in [2.24, 2.45) is 0 Å². The summed E-state index contributed by atoms with van der Waals surface area (Å²) in [6, 6.07) is 14.3. The number of nitrogens with one attached hydrogen (secondary N) is 4. The molecule has 1 fully saturated rings. The number of hydrogen-bond donors (Lipinski definition) is 4. The lowest BCUT2D eigenvalue weighted by Gasteiger charge is -2.11. The summed E-state index contributed by atoms with van der Waals surface area (Å²) in [5, 5.41) is 10.6. The first-order chi connectivity index (χ1) is 12.5. The lowest BCUT2D eigenvalue weighted by atomic mass is 10.0. The fraction of sp³-hybridized carbons (Fsp3) is 0.176. The van der Waals surface area contributed by atoms with E-state index in [0.717, 1.165) is 5.56 Å². The third kappa shape index (κ3) is 4.02. The van der Waals surface area contributed by atoms with E-state index in [-0.39, 0.29) is 23.2 Å². The average Bonchev–Trinajstić information content (AvgIpc) is 3.17. The van der Waals surface area contributed by atoms with Crippen molar-refractivity contribution in [3.63, 3.8) is 0 Å². The molecule has 0 saturated carbocycles. The van der Waals surface area contributed by atoms with Gasteiger partial charge in [-0.1, -0.05) is 30.3 Å². The number of hydrogen-bond acceptors (Lipinski definition) is 6. The maximum Gasteiger partial charge on any atom is 0.269 e. The Morgan fingerprint density at radius 1 is 1.00 bits per heavy atom. The molecular formula is C17H17N5O4. The smallest absolute Gasteiger partial charge is 0.269 e. The summed E-state index contributed by atoms with van der Waals surface area (Å²) >= 11 is 0. The van der Waals surface area contributed by atoms with E-state index in [9.17, 15) is 19.7 Å². The second-order valence-corrected chi connectivity index (χ2v) is 5.79. The number of amides is 2. The molecule has 3 rings (SSSR count). The Morgan fingerprint density at radius 2 is 1.69 bits per heavy atom. The molecule has 1 aliphatic heterocycles. The molecule has 9 nitrogen and oxygen atoms in total. The second kappa shape index (κ2) is 7.72. The number of nitro groups is 1. The molecular weight excluding hydrogens is 338 g/mol. The standard InChI is InChI=1S/C17H17N5O4/c23-16(12-6-8-13(9-7-12)22(25)26)20-21-17(24)15-10-14(18-19-15)11-4-2-1-3-5-11/h1-9,14-15,18-19H,10H2,(H,20,23)(H,21,24). The monoisotopic (exact) mass is 355 g/mol. The Bertz CT molecular complexity index is 810. The lowest BCUT2D eigenvalue weighted by molar-refractivity contribution is -0.384. The zero-order valence-electron chi connectivity index (χ0n) is 13.6. The van der Waals surface area contributed by atoms with E-state index < -0.39 is 16.9 Å². The maximum absolute atomic E-state index is 12.2. The normalized spacial score (nSPS) is 18.9. The predicted octanol–water partition coefficient (Wildman–Crippen LogP) is 0.964. The molecule has 1 heterocycles. The molecule has 0 spiro atoms. The van der Waals surface area contributed by atoms with Gasteiger partial charge in [0.05, 0.1) is 4.92 Å². The molecule has 0 aliphatic carbocycles. The molecule has 0 aromatic heterocycles. The van der Waals surface area contributed by atoms with E-state index in [4.69, 9.17) is 0 Å². The van der Waals surface area contributed by atoms with Gasteiger partial charge in [-0.05, 0) is 24.1 Å². The topological polar surface area (TPSA) is 125 Å². The fourth-order valence-electron chi connectivity index (χ4n) is 2.64. The zero-order valence-corrected chi connectivity index (χ0v) is 13.6. The highest BCUT2D eigenvalue weighted by Crippen LogP contribution is 2.21. The first-order valence-electron chi connectivity index (χ1n) is 7.95. The van der Waals surface area contributed by atoms with Crippen LogP contribution in [0.3, 0.4) is 0 Å². The molecule has 2 unspecified atom stereocenters. The quantitative estimate of drug-likeness (QED) is 0.478. The zero-order chi connectivity index (χ0) is 18.5. The molecule has 26 heavy (non-hydrogen) atoms. The van der Waals surface area contributed by atoms with Crippen molar-refractivity contribution >= 4 is 17.5 Å². The van der Waals surface area contributed by atoms with Gasteiger partial charge in [-0.2, -0.15) is 0 Å². The summed E-state index contributed by atoms with van der Waals surface area (Å²) in [7, 11) is 0. The first kappa shape index (κ1) is 17.5. The van der Waals surface area contributed by atoms with Crippen LogP contribution in [0.1, 0.15) is 28.4 Å². The van der Waals surface area contributed by atoms with Crippen LogP contribution in [0.4, 0.5) is 5.69 Å². The van der Waals surface area contributed by atoms with Gasteiger partial charge in [-0.15, -0.1) is 0 Å². The molecule has 1 saturated heterocycles. The van der Waals surface area contributed by atoms with Gasteiger partial charge < -0.3 is 0 Å². The fourth-order valence-corrected chi connectivity index (χ4v) is 2.64. The minimum atomic E-state index is -0.557. The summed E-state index contributed by atoms with van der Waals surface area (Å²) in [6.45, 7) is 0. The molecule has 2 aromatic rings. The van der Waals surface area contributed by atoms with Gasteiger partial charge in [-0.3, -0.25) is 30.6 Å². The lowest BCUT2D eigenvalue weighted by Crippen LogP contribution is -2.50. The summed E-state index contributed by atoms with van der Waals surface area (Å²) in [6.07, 6.45) is 0.531. The summed E-state index contributed by atoms with van der Waals surface area (Å²) in [4.78, 5) is 34.2. The average molecular weight is 355 g/mol. The predicted molar refractivity (Wildman–Crippen MR) is 92.6 cm³/mol. The van der Waals surface area contributed by atoms with E-state index >= 15 is 0 Å². The molecule has 134 valence electrons. The number of benzene rings is 2. The molecule has 2 aromatic carbocycles. The highest BCUT2D eigenvalue weighted by Gasteiger charge is 2.30. The van der Waals surface area contributed by atoms with Crippen LogP contribution in [0, 0.1) is 10.1 Å². The third-order valence-corrected chi connectivity index (χ3v) is 4.06.